The van der Waals surface area contributed by atoms with Gasteiger partial charge in [0.25, 0.3) is 0 Å². The minimum Gasteiger partial charge on any atom is -0.396 e. The number of oxime groups is 1. The van der Waals surface area contributed by atoms with Crippen molar-refractivity contribution < 1.29 is 4.84 Å². The highest BCUT2D eigenvalue weighted by atomic mass is 16.6. The summed E-state index contributed by atoms with van der Waals surface area (Å²) in [5.41, 5.74) is 3.30. The third-order valence-corrected chi connectivity index (χ3v) is 1.93. The Balaban J connectivity index is 2.68. The molecule has 0 aliphatic carbocycles. The van der Waals surface area contributed by atoms with Crippen LogP contribution in [-0.4, -0.2) is 12.3 Å². The SMILES string of the molecule is CCCON=C(C)c1cccc(C)c1. The molecule has 0 unspecified atom stereocenters. The molecule has 0 amide bonds. The lowest BCUT2D eigenvalue weighted by molar-refractivity contribution is 0.145. The van der Waals surface area contributed by atoms with Gasteiger partial charge in [-0.1, -0.05) is 41.9 Å². The van der Waals surface area contributed by atoms with Crippen LogP contribution in [0.1, 0.15) is 31.4 Å². The van der Waals surface area contributed by atoms with E-state index in [1.807, 2.05) is 19.1 Å². The van der Waals surface area contributed by atoms with Gasteiger partial charge in [-0.15, -0.1) is 0 Å². The summed E-state index contributed by atoms with van der Waals surface area (Å²) in [5, 5.41) is 4.04. The van der Waals surface area contributed by atoms with Crippen LogP contribution in [0, 0.1) is 6.92 Å². The van der Waals surface area contributed by atoms with Gasteiger partial charge < -0.3 is 4.84 Å². The molecule has 0 bridgehead atoms. The van der Waals surface area contributed by atoms with Gasteiger partial charge in [0.15, 0.2) is 0 Å². The van der Waals surface area contributed by atoms with Crippen LogP contribution in [0.2, 0.25) is 0 Å². The van der Waals surface area contributed by atoms with Gasteiger partial charge >= 0.3 is 0 Å². The van der Waals surface area contributed by atoms with E-state index < -0.39 is 0 Å². The third kappa shape index (κ3) is 3.21. The van der Waals surface area contributed by atoms with Crippen molar-refractivity contribution in [3.8, 4) is 0 Å². The minimum atomic E-state index is 0.684. The van der Waals surface area contributed by atoms with E-state index in [1.54, 1.807) is 0 Å². The highest BCUT2D eigenvalue weighted by molar-refractivity contribution is 5.98. The van der Waals surface area contributed by atoms with Crippen molar-refractivity contribution in [1.82, 2.24) is 0 Å². The first-order chi connectivity index (χ1) is 6.74. The summed E-state index contributed by atoms with van der Waals surface area (Å²) >= 11 is 0. The zero-order chi connectivity index (χ0) is 10.4. The largest absolute Gasteiger partial charge is 0.396 e. The molecule has 0 fully saturated rings. The van der Waals surface area contributed by atoms with Gasteiger partial charge in [0.2, 0.25) is 0 Å². The van der Waals surface area contributed by atoms with Crippen LogP contribution in [0.5, 0.6) is 0 Å². The molecule has 1 aromatic carbocycles. The Labute approximate surface area is 85.6 Å². The Morgan fingerprint density at radius 1 is 1.43 bits per heavy atom. The quantitative estimate of drug-likeness (QED) is 0.407. The minimum absolute atomic E-state index is 0.684. The summed E-state index contributed by atoms with van der Waals surface area (Å²) < 4.78 is 0. The molecule has 0 saturated carbocycles. The molecule has 0 atom stereocenters. The van der Waals surface area contributed by atoms with Crippen molar-refractivity contribution in [3.63, 3.8) is 0 Å². The fourth-order valence-electron chi connectivity index (χ4n) is 1.16. The zero-order valence-electron chi connectivity index (χ0n) is 9.08. The number of hydrogen-bond acceptors (Lipinski definition) is 2. The highest BCUT2D eigenvalue weighted by Gasteiger charge is 1.97. The first kappa shape index (κ1) is 10.8. The number of aryl methyl sites for hydroxylation is 1. The Hall–Kier alpha value is -1.31. The van der Waals surface area contributed by atoms with Crippen molar-refractivity contribution >= 4 is 5.71 Å². The van der Waals surface area contributed by atoms with E-state index >= 15 is 0 Å². The molecular weight excluding hydrogens is 174 g/mol. The lowest BCUT2D eigenvalue weighted by Gasteiger charge is -2.02. The average molecular weight is 191 g/mol. The lowest BCUT2D eigenvalue weighted by atomic mass is 10.1. The molecule has 0 N–H and O–H groups in total. The van der Waals surface area contributed by atoms with Crippen LogP contribution in [0.15, 0.2) is 29.4 Å². The normalized spacial score (nSPS) is 11.5. The summed E-state index contributed by atoms with van der Waals surface area (Å²) in [6.07, 6.45) is 0.991. The molecule has 76 valence electrons. The van der Waals surface area contributed by atoms with Crippen LogP contribution in [0.25, 0.3) is 0 Å². The van der Waals surface area contributed by atoms with Gasteiger partial charge in [-0.2, -0.15) is 0 Å². The molecule has 2 heteroatoms. The predicted molar refractivity (Wildman–Crippen MR) is 59.6 cm³/mol. The van der Waals surface area contributed by atoms with E-state index in [0.717, 1.165) is 17.7 Å². The molecule has 0 radical (unpaired) electrons. The van der Waals surface area contributed by atoms with Crippen LogP contribution in [0.4, 0.5) is 0 Å². The van der Waals surface area contributed by atoms with Gasteiger partial charge in [0.1, 0.15) is 6.61 Å². The second-order valence-corrected chi connectivity index (χ2v) is 3.38. The van der Waals surface area contributed by atoms with Crippen molar-refractivity contribution in [1.29, 1.82) is 0 Å². The number of hydrogen-bond donors (Lipinski definition) is 0. The maximum absolute atomic E-state index is 5.13. The maximum atomic E-state index is 5.13. The third-order valence-electron chi connectivity index (χ3n) is 1.93. The van der Waals surface area contributed by atoms with E-state index in [1.165, 1.54) is 5.56 Å². The van der Waals surface area contributed by atoms with Crippen LogP contribution in [-0.2, 0) is 4.84 Å². The van der Waals surface area contributed by atoms with E-state index in [4.69, 9.17) is 4.84 Å². The summed E-state index contributed by atoms with van der Waals surface area (Å²) in [6.45, 7) is 6.79. The van der Waals surface area contributed by atoms with E-state index in [9.17, 15) is 0 Å². The average Bonchev–Trinajstić information content (AvgIpc) is 2.18. The van der Waals surface area contributed by atoms with Gasteiger partial charge in [0, 0.05) is 0 Å². The maximum Gasteiger partial charge on any atom is 0.116 e. The molecule has 0 aliphatic heterocycles. The van der Waals surface area contributed by atoms with Crippen molar-refractivity contribution in [2.75, 3.05) is 6.61 Å². The van der Waals surface area contributed by atoms with E-state index in [2.05, 4.69) is 31.1 Å². The first-order valence-electron chi connectivity index (χ1n) is 4.97. The monoisotopic (exact) mass is 191 g/mol. The molecule has 14 heavy (non-hydrogen) atoms. The summed E-state index contributed by atoms with van der Waals surface area (Å²) in [5.74, 6) is 0. The molecule has 0 aliphatic rings. The van der Waals surface area contributed by atoms with Crippen LogP contribution >= 0.6 is 0 Å². The molecule has 0 heterocycles. The standard InChI is InChI=1S/C12H17NO/c1-4-8-14-13-11(3)12-7-5-6-10(2)9-12/h5-7,9H,4,8H2,1-3H3. The molecule has 1 rings (SSSR count). The smallest absolute Gasteiger partial charge is 0.116 e. The van der Waals surface area contributed by atoms with E-state index in [-0.39, 0.29) is 0 Å². The molecule has 2 nitrogen and oxygen atoms in total. The summed E-state index contributed by atoms with van der Waals surface area (Å²) in [6, 6.07) is 8.25. The van der Waals surface area contributed by atoms with Crippen LogP contribution < -0.4 is 0 Å². The number of nitrogens with zero attached hydrogens (tertiary/aromatic N) is 1. The summed E-state index contributed by atoms with van der Waals surface area (Å²) in [4.78, 5) is 5.13. The molecule has 0 saturated heterocycles. The van der Waals surface area contributed by atoms with Crippen molar-refractivity contribution in [2.45, 2.75) is 27.2 Å². The van der Waals surface area contributed by atoms with E-state index in [0.29, 0.717) is 6.61 Å². The molecule has 0 aromatic heterocycles. The van der Waals surface area contributed by atoms with Crippen LogP contribution in [0.3, 0.4) is 0 Å². The fraction of sp³-hybridized carbons (Fsp3) is 0.417. The molecular formula is C12H17NO. The van der Waals surface area contributed by atoms with Gasteiger partial charge in [0.05, 0.1) is 5.71 Å². The lowest BCUT2D eigenvalue weighted by Crippen LogP contribution is -1.97. The van der Waals surface area contributed by atoms with Crippen molar-refractivity contribution in [2.24, 2.45) is 5.16 Å². The molecule has 0 spiro atoms. The van der Waals surface area contributed by atoms with Gasteiger partial charge in [-0.25, -0.2) is 0 Å². The Morgan fingerprint density at radius 3 is 2.86 bits per heavy atom. The highest BCUT2D eigenvalue weighted by Crippen LogP contribution is 2.05. The summed E-state index contributed by atoms with van der Waals surface area (Å²) in [7, 11) is 0. The Bertz CT molecular complexity index is 318. The second-order valence-electron chi connectivity index (χ2n) is 3.38. The van der Waals surface area contributed by atoms with Gasteiger partial charge in [-0.05, 0) is 25.8 Å². The van der Waals surface area contributed by atoms with Crippen molar-refractivity contribution in [3.05, 3.63) is 35.4 Å². The number of benzene rings is 1. The second kappa shape index (κ2) is 5.43. The number of rotatable bonds is 4. The first-order valence-corrected chi connectivity index (χ1v) is 4.97. The zero-order valence-corrected chi connectivity index (χ0v) is 9.08. The predicted octanol–water partition coefficient (Wildman–Crippen LogP) is 3.15. The Morgan fingerprint density at radius 2 is 2.21 bits per heavy atom. The molecule has 1 aromatic rings. The Kier molecular flexibility index (Phi) is 4.17. The topological polar surface area (TPSA) is 21.6 Å². The van der Waals surface area contributed by atoms with Gasteiger partial charge in [-0.3, -0.25) is 0 Å². The fourth-order valence-corrected chi connectivity index (χ4v) is 1.16.